The van der Waals surface area contributed by atoms with Crippen LogP contribution in [0.4, 0.5) is 8.78 Å². The minimum Gasteiger partial charge on any atom is -0.452 e. The highest BCUT2D eigenvalue weighted by molar-refractivity contribution is 5.91. The second-order valence-electron chi connectivity index (χ2n) is 5.66. The number of ether oxygens (including phenoxy) is 1. The van der Waals surface area contributed by atoms with Crippen LogP contribution in [0, 0.1) is 11.6 Å². The molecule has 0 fully saturated rings. The van der Waals surface area contributed by atoms with E-state index in [4.69, 9.17) is 4.74 Å². The van der Waals surface area contributed by atoms with E-state index in [-0.39, 0.29) is 0 Å². The van der Waals surface area contributed by atoms with Gasteiger partial charge in [-0.15, -0.1) is 0 Å². The zero-order valence-corrected chi connectivity index (χ0v) is 13.7. The van der Waals surface area contributed by atoms with Crippen LogP contribution in [0.1, 0.15) is 15.9 Å². The topological polar surface area (TPSA) is 71.2 Å². The fourth-order valence-corrected chi connectivity index (χ4v) is 2.59. The van der Waals surface area contributed by atoms with Crippen molar-refractivity contribution >= 4 is 22.8 Å². The van der Waals surface area contributed by atoms with Crippen LogP contribution in [-0.4, -0.2) is 30.0 Å². The van der Waals surface area contributed by atoms with Crippen molar-refractivity contribution in [3.8, 4) is 0 Å². The number of carbonyl (C=O) groups excluding carboxylic acids is 2. The molecule has 1 amide bonds. The molecule has 1 heterocycles. The number of benzene rings is 2. The van der Waals surface area contributed by atoms with Crippen molar-refractivity contribution in [3.63, 3.8) is 0 Å². The van der Waals surface area contributed by atoms with Gasteiger partial charge in [0.1, 0.15) is 11.6 Å². The number of hydrogen-bond acceptors (Lipinski definition) is 3. The van der Waals surface area contributed by atoms with Crippen molar-refractivity contribution in [1.29, 1.82) is 0 Å². The monoisotopic (exact) mass is 358 g/mol. The van der Waals surface area contributed by atoms with E-state index in [2.05, 4.69) is 10.3 Å². The van der Waals surface area contributed by atoms with Gasteiger partial charge in [0.25, 0.3) is 5.91 Å². The average molecular weight is 358 g/mol. The van der Waals surface area contributed by atoms with Crippen LogP contribution in [0.2, 0.25) is 0 Å². The Bertz CT molecular complexity index is 953. The number of aromatic amines is 1. The van der Waals surface area contributed by atoms with E-state index in [0.29, 0.717) is 19.0 Å². The Morgan fingerprint density at radius 1 is 1.12 bits per heavy atom. The largest absolute Gasteiger partial charge is 0.452 e. The summed E-state index contributed by atoms with van der Waals surface area (Å²) in [6.45, 7) is -0.174. The minimum absolute atomic E-state index is 0.364. The lowest BCUT2D eigenvalue weighted by atomic mass is 10.1. The van der Waals surface area contributed by atoms with Crippen molar-refractivity contribution in [1.82, 2.24) is 10.3 Å². The first-order valence-electron chi connectivity index (χ1n) is 7.98. The van der Waals surface area contributed by atoms with E-state index in [1.54, 1.807) is 0 Å². The maximum Gasteiger partial charge on any atom is 0.341 e. The fraction of sp³-hybridized carbons (Fsp3) is 0.158. The van der Waals surface area contributed by atoms with Crippen LogP contribution in [0.25, 0.3) is 10.9 Å². The molecule has 0 saturated heterocycles. The van der Waals surface area contributed by atoms with E-state index in [9.17, 15) is 18.4 Å². The first kappa shape index (κ1) is 17.6. The number of rotatable bonds is 6. The van der Waals surface area contributed by atoms with Gasteiger partial charge < -0.3 is 15.0 Å². The van der Waals surface area contributed by atoms with Gasteiger partial charge in [0, 0.05) is 29.7 Å². The molecule has 0 atom stereocenters. The van der Waals surface area contributed by atoms with E-state index in [0.717, 1.165) is 28.6 Å². The molecule has 1 aromatic heterocycles. The quantitative estimate of drug-likeness (QED) is 0.666. The van der Waals surface area contributed by atoms with Crippen LogP contribution < -0.4 is 5.32 Å². The van der Waals surface area contributed by atoms with Gasteiger partial charge in [0.05, 0.1) is 5.56 Å². The van der Waals surface area contributed by atoms with Crippen LogP contribution in [0.3, 0.4) is 0 Å². The maximum absolute atomic E-state index is 13.5. The Kier molecular flexibility index (Phi) is 5.26. The van der Waals surface area contributed by atoms with Crippen molar-refractivity contribution in [2.75, 3.05) is 13.2 Å². The SMILES string of the molecule is O=C(COC(=O)c1ccc(F)cc1F)NCCc1c[nH]c2ccccc12. The normalized spacial score (nSPS) is 10.7. The number of fused-ring (bicyclic) bond motifs is 1. The molecule has 26 heavy (non-hydrogen) atoms. The summed E-state index contributed by atoms with van der Waals surface area (Å²) >= 11 is 0. The number of carbonyl (C=O) groups is 2. The summed E-state index contributed by atoms with van der Waals surface area (Å²) in [5.41, 5.74) is 1.66. The molecule has 2 N–H and O–H groups in total. The predicted octanol–water partition coefficient (Wildman–Crippen LogP) is 2.96. The molecule has 0 saturated carbocycles. The van der Waals surface area contributed by atoms with E-state index in [1.165, 1.54) is 0 Å². The van der Waals surface area contributed by atoms with Crippen LogP contribution >= 0.6 is 0 Å². The number of aromatic nitrogens is 1. The summed E-state index contributed by atoms with van der Waals surface area (Å²) in [7, 11) is 0. The van der Waals surface area contributed by atoms with Crippen LogP contribution in [0.5, 0.6) is 0 Å². The van der Waals surface area contributed by atoms with E-state index >= 15 is 0 Å². The van der Waals surface area contributed by atoms with Crippen molar-refractivity contribution < 1.29 is 23.1 Å². The van der Waals surface area contributed by atoms with E-state index < -0.39 is 35.7 Å². The van der Waals surface area contributed by atoms with Gasteiger partial charge in [-0.1, -0.05) is 18.2 Å². The van der Waals surface area contributed by atoms with Gasteiger partial charge in [-0.3, -0.25) is 4.79 Å². The highest BCUT2D eigenvalue weighted by Crippen LogP contribution is 2.17. The molecule has 0 bridgehead atoms. The lowest BCUT2D eigenvalue weighted by Crippen LogP contribution is -2.30. The Balaban J connectivity index is 1.46. The zero-order chi connectivity index (χ0) is 18.5. The molecule has 5 nitrogen and oxygen atoms in total. The van der Waals surface area contributed by atoms with Gasteiger partial charge in [-0.2, -0.15) is 0 Å². The molecular formula is C19H16F2N2O3. The standard InChI is InChI=1S/C19H16F2N2O3/c20-13-5-6-15(16(21)9-13)19(25)26-11-18(24)22-8-7-12-10-23-17-4-2-1-3-14(12)17/h1-6,9-10,23H,7-8,11H2,(H,22,24). The second-order valence-corrected chi connectivity index (χ2v) is 5.66. The van der Waals surface area contributed by atoms with Gasteiger partial charge in [-0.25, -0.2) is 13.6 Å². The first-order chi connectivity index (χ1) is 12.5. The molecule has 3 aromatic rings. The molecule has 0 aliphatic rings. The summed E-state index contributed by atoms with van der Waals surface area (Å²) in [6.07, 6.45) is 2.49. The highest BCUT2D eigenvalue weighted by Gasteiger charge is 2.15. The summed E-state index contributed by atoms with van der Waals surface area (Å²) in [6, 6.07) is 10.3. The molecule has 0 aliphatic carbocycles. The predicted molar refractivity (Wildman–Crippen MR) is 91.7 cm³/mol. The molecule has 0 unspecified atom stereocenters. The molecule has 3 rings (SSSR count). The van der Waals surface area contributed by atoms with E-state index in [1.807, 2.05) is 30.5 Å². The van der Waals surface area contributed by atoms with Gasteiger partial charge in [0.2, 0.25) is 0 Å². The molecule has 0 aliphatic heterocycles. The minimum atomic E-state index is -1.03. The third-order valence-electron chi connectivity index (χ3n) is 3.88. The number of hydrogen-bond donors (Lipinski definition) is 2. The summed E-state index contributed by atoms with van der Waals surface area (Å²) < 4.78 is 31.0. The molecule has 7 heteroatoms. The molecule has 0 radical (unpaired) electrons. The third-order valence-corrected chi connectivity index (χ3v) is 3.88. The Morgan fingerprint density at radius 2 is 1.92 bits per heavy atom. The molecule has 2 aromatic carbocycles. The summed E-state index contributed by atoms with van der Waals surface area (Å²) in [5.74, 6) is -3.35. The van der Waals surface area contributed by atoms with Crippen molar-refractivity contribution in [3.05, 3.63) is 71.4 Å². The number of nitrogens with one attached hydrogen (secondary N) is 2. The summed E-state index contributed by atoms with van der Waals surface area (Å²) in [5, 5.41) is 3.72. The smallest absolute Gasteiger partial charge is 0.341 e. The zero-order valence-electron chi connectivity index (χ0n) is 13.7. The number of esters is 1. The number of H-pyrrole nitrogens is 1. The Labute approximate surface area is 148 Å². The van der Waals surface area contributed by atoms with Gasteiger partial charge >= 0.3 is 5.97 Å². The Morgan fingerprint density at radius 3 is 2.73 bits per heavy atom. The fourth-order valence-electron chi connectivity index (χ4n) is 2.59. The second kappa shape index (κ2) is 7.77. The maximum atomic E-state index is 13.5. The molecule has 0 spiro atoms. The lowest BCUT2D eigenvalue weighted by molar-refractivity contribution is -0.124. The van der Waals surface area contributed by atoms with Crippen molar-refractivity contribution in [2.45, 2.75) is 6.42 Å². The third kappa shape index (κ3) is 4.05. The molecular weight excluding hydrogens is 342 g/mol. The highest BCUT2D eigenvalue weighted by atomic mass is 19.1. The van der Waals surface area contributed by atoms with Crippen LogP contribution in [-0.2, 0) is 16.0 Å². The van der Waals surface area contributed by atoms with Gasteiger partial charge in [0.15, 0.2) is 6.61 Å². The van der Waals surface area contributed by atoms with Crippen molar-refractivity contribution in [2.24, 2.45) is 0 Å². The molecule has 134 valence electrons. The number of para-hydroxylation sites is 1. The van der Waals surface area contributed by atoms with Gasteiger partial charge in [-0.05, 0) is 30.2 Å². The lowest BCUT2D eigenvalue weighted by Gasteiger charge is -2.07. The number of halogens is 2. The number of amides is 1. The average Bonchev–Trinajstić information content (AvgIpc) is 3.03. The summed E-state index contributed by atoms with van der Waals surface area (Å²) in [4.78, 5) is 26.6. The first-order valence-corrected chi connectivity index (χ1v) is 7.98. The van der Waals surface area contributed by atoms with Crippen LogP contribution in [0.15, 0.2) is 48.7 Å². The Hall–Kier alpha value is -3.22.